The monoisotopic (exact) mass is 292 g/mol. The summed E-state index contributed by atoms with van der Waals surface area (Å²) in [4.78, 5) is 37.7. The second kappa shape index (κ2) is 5.67. The number of hydrogen-bond acceptors (Lipinski definition) is 4. The molecule has 0 atom stereocenters. The van der Waals surface area contributed by atoms with Gasteiger partial charge in [0.1, 0.15) is 5.41 Å². The van der Waals surface area contributed by atoms with E-state index in [0.717, 1.165) is 10.6 Å². The van der Waals surface area contributed by atoms with Crippen LogP contribution in [0.4, 0.5) is 4.79 Å². The molecule has 0 saturated carbocycles. The third-order valence-electron chi connectivity index (χ3n) is 4.28. The van der Waals surface area contributed by atoms with Crippen LogP contribution in [0.1, 0.15) is 32.4 Å². The highest BCUT2D eigenvalue weighted by molar-refractivity contribution is 6.19. The molecule has 4 amide bonds. The fourth-order valence-corrected chi connectivity index (χ4v) is 2.68. The number of nitrogens with one attached hydrogen (secondary N) is 1. The van der Waals surface area contributed by atoms with E-state index in [1.165, 1.54) is 0 Å². The van der Waals surface area contributed by atoms with Crippen molar-refractivity contribution in [2.24, 2.45) is 12.5 Å². The number of barbiturate groups is 1. The van der Waals surface area contributed by atoms with Crippen LogP contribution in [-0.4, -0.2) is 39.1 Å². The molecule has 1 aliphatic rings. The first-order chi connectivity index (χ1) is 9.96. The second-order valence-corrected chi connectivity index (χ2v) is 5.20. The van der Waals surface area contributed by atoms with Gasteiger partial charge in [0, 0.05) is 31.9 Å². The molecule has 1 saturated heterocycles. The maximum Gasteiger partial charge on any atom is 0.330 e. The van der Waals surface area contributed by atoms with E-state index in [4.69, 9.17) is 0 Å². The summed E-state index contributed by atoms with van der Waals surface area (Å²) in [6, 6.07) is 1.20. The van der Waals surface area contributed by atoms with Gasteiger partial charge in [-0.25, -0.2) is 4.79 Å². The Labute approximate surface area is 123 Å². The number of aryl methyl sites for hydroxylation is 1. The summed E-state index contributed by atoms with van der Waals surface area (Å²) in [5.41, 5.74) is -0.202. The lowest BCUT2D eigenvalue weighted by Gasteiger charge is -2.38. The number of aromatic nitrogens is 2. The van der Waals surface area contributed by atoms with E-state index >= 15 is 0 Å². The number of hydrogen-bond donors (Lipinski definition) is 1. The van der Waals surface area contributed by atoms with Gasteiger partial charge in [-0.05, 0) is 18.9 Å². The van der Waals surface area contributed by atoms with Gasteiger partial charge in [-0.1, -0.05) is 13.8 Å². The average molecular weight is 292 g/mol. The Morgan fingerprint density at radius 2 is 1.90 bits per heavy atom. The van der Waals surface area contributed by atoms with Crippen LogP contribution in [0, 0.1) is 5.41 Å². The van der Waals surface area contributed by atoms with Crippen LogP contribution in [0.3, 0.4) is 0 Å². The van der Waals surface area contributed by atoms with E-state index in [9.17, 15) is 14.4 Å². The number of nitrogens with zero attached hydrogens (tertiary/aromatic N) is 3. The van der Waals surface area contributed by atoms with Crippen molar-refractivity contribution in [3.05, 3.63) is 18.0 Å². The minimum atomic E-state index is -1.12. The summed E-state index contributed by atoms with van der Waals surface area (Å²) in [6.45, 7) is 3.81. The van der Waals surface area contributed by atoms with Gasteiger partial charge in [0.05, 0.1) is 0 Å². The topological polar surface area (TPSA) is 84.3 Å². The molecule has 0 aromatic carbocycles. The molecule has 1 aromatic rings. The van der Waals surface area contributed by atoms with Gasteiger partial charge in [-0.15, -0.1) is 0 Å². The molecule has 2 heterocycles. The lowest BCUT2D eigenvalue weighted by atomic mass is 9.78. The van der Waals surface area contributed by atoms with Crippen LogP contribution in [0.5, 0.6) is 0 Å². The zero-order valence-electron chi connectivity index (χ0n) is 12.5. The lowest BCUT2D eigenvalue weighted by molar-refractivity contribution is -0.152. The zero-order valence-corrected chi connectivity index (χ0v) is 12.5. The van der Waals surface area contributed by atoms with Crippen LogP contribution in [0.2, 0.25) is 0 Å². The van der Waals surface area contributed by atoms with Crippen molar-refractivity contribution < 1.29 is 14.4 Å². The molecule has 7 heteroatoms. The van der Waals surface area contributed by atoms with Gasteiger partial charge in [-0.3, -0.25) is 24.5 Å². The Morgan fingerprint density at radius 1 is 1.24 bits per heavy atom. The van der Waals surface area contributed by atoms with Gasteiger partial charge in [0.2, 0.25) is 11.8 Å². The lowest BCUT2D eigenvalue weighted by Crippen LogP contribution is -2.63. The third-order valence-corrected chi connectivity index (χ3v) is 4.28. The molecular weight excluding hydrogens is 272 g/mol. The average Bonchev–Trinajstić information content (AvgIpc) is 2.85. The SMILES string of the molecule is CCC1(CC)C(=O)NC(=O)N(CCc2ccnn2C)C1=O. The van der Waals surface area contributed by atoms with E-state index < -0.39 is 23.3 Å². The Kier molecular flexibility index (Phi) is 4.11. The normalized spacial score (nSPS) is 18.0. The predicted molar refractivity (Wildman–Crippen MR) is 75.2 cm³/mol. The van der Waals surface area contributed by atoms with Crippen LogP contribution in [0.15, 0.2) is 12.3 Å². The van der Waals surface area contributed by atoms with Crippen LogP contribution in [0.25, 0.3) is 0 Å². The Hall–Kier alpha value is -2.18. The summed E-state index contributed by atoms with van der Waals surface area (Å²) in [7, 11) is 1.80. The number of urea groups is 1. The minimum absolute atomic E-state index is 0.235. The Bertz CT molecular complexity index is 575. The Morgan fingerprint density at radius 3 is 2.43 bits per heavy atom. The molecule has 0 unspecified atom stereocenters. The van der Waals surface area contributed by atoms with Crippen molar-refractivity contribution in [2.75, 3.05) is 6.54 Å². The van der Waals surface area contributed by atoms with Crippen molar-refractivity contribution in [2.45, 2.75) is 33.1 Å². The van der Waals surface area contributed by atoms with Gasteiger partial charge >= 0.3 is 6.03 Å². The van der Waals surface area contributed by atoms with Crippen LogP contribution < -0.4 is 5.32 Å². The van der Waals surface area contributed by atoms with Crippen molar-refractivity contribution in [3.63, 3.8) is 0 Å². The number of imide groups is 2. The van der Waals surface area contributed by atoms with E-state index in [1.807, 2.05) is 6.07 Å². The highest BCUT2D eigenvalue weighted by Crippen LogP contribution is 2.32. The molecule has 21 heavy (non-hydrogen) atoms. The summed E-state index contributed by atoms with van der Waals surface area (Å²) >= 11 is 0. The summed E-state index contributed by atoms with van der Waals surface area (Å²) in [5, 5.41) is 6.35. The molecule has 0 spiro atoms. The minimum Gasteiger partial charge on any atom is -0.277 e. The Balaban J connectivity index is 2.18. The molecule has 1 fully saturated rings. The molecule has 0 radical (unpaired) electrons. The molecule has 0 aliphatic carbocycles. The quantitative estimate of drug-likeness (QED) is 0.815. The molecule has 2 rings (SSSR count). The first-order valence-electron chi connectivity index (χ1n) is 7.10. The molecule has 1 N–H and O–H groups in total. The predicted octanol–water partition coefficient (Wildman–Crippen LogP) is 0.847. The number of carbonyl (C=O) groups is 3. The van der Waals surface area contributed by atoms with Crippen LogP contribution >= 0.6 is 0 Å². The van der Waals surface area contributed by atoms with Gasteiger partial charge in [-0.2, -0.15) is 5.10 Å². The van der Waals surface area contributed by atoms with Crippen molar-refractivity contribution >= 4 is 17.8 Å². The van der Waals surface area contributed by atoms with Gasteiger partial charge < -0.3 is 0 Å². The first-order valence-corrected chi connectivity index (χ1v) is 7.10. The van der Waals surface area contributed by atoms with Crippen LogP contribution in [-0.2, 0) is 23.1 Å². The number of carbonyl (C=O) groups excluding carboxylic acids is 3. The number of rotatable bonds is 5. The first kappa shape index (κ1) is 15.2. The smallest absolute Gasteiger partial charge is 0.277 e. The fourth-order valence-electron chi connectivity index (χ4n) is 2.68. The zero-order chi connectivity index (χ0) is 15.6. The third kappa shape index (κ3) is 2.43. The van der Waals surface area contributed by atoms with E-state index in [-0.39, 0.29) is 6.54 Å². The summed E-state index contributed by atoms with van der Waals surface area (Å²) < 4.78 is 1.70. The molecular formula is C14H20N4O3. The van der Waals surface area contributed by atoms with E-state index in [1.54, 1.807) is 31.8 Å². The highest BCUT2D eigenvalue weighted by atomic mass is 16.2. The molecule has 1 aromatic heterocycles. The summed E-state index contributed by atoms with van der Waals surface area (Å²) in [6.07, 6.45) is 2.93. The largest absolute Gasteiger partial charge is 0.330 e. The van der Waals surface area contributed by atoms with Crippen molar-refractivity contribution in [3.8, 4) is 0 Å². The van der Waals surface area contributed by atoms with Crippen molar-refractivity contribution in [1.29, 1.82) is 0 Å². The second-order valence-electron chi connectivity index (χ2n) is 5.20. The van der Waals surface area contributed by atoms with Gasteiger partial charge in [0.15, 0.2) is 0 Å². The van der Waals surface area contributed by atoms with E-state index in [0.29, 0.717) is 19.3 Å². The van der Waals surface area contributed by atoms with Crippen molar-refractivity contribution in [1.82, 2.24) is 20.0 Å². The molecule has 114 valence electrons. The van der Waals surface area contributed by atoms with E-state index in [2.05, 4.69) is 10.4 Å². The molecule has 7 nitrogen and oxygen atoms in total. The van der Waals surface area contributed by atoms with Gasteiger partial charge in [0.25, 0.3) is 0 Å². The standard InChI is InChI=1S/C14H20N4O3/c1-4-14(5-2)11(19)16-13(21)18(12(14)20)9-7-10-6-8-15-17(10)3/h6,8H,4-5,7,9H2,1-3H3,(H,16,19,21). The fraction of sp³-hybridized carbons (Fsp3) is 0.571. The maximum atomic E-state index is 12.6. The maximum absolute atomic E-state index is 12.6. The number of amides is 4. The highest BCUT2D eigenvalue weighted by Gasteiger charge is 2.51. The summed E-state index contributed by atoms with van der Waals surface area (Å²) in [5.74, 6) is -0.886. The molecule has 1 aliphatic heterocycles. The molecule has 0 bridgehead atoms.